The van der Waals surface area contributed by atoms with Crippen molar-refractivity contribution in [2.24, 2.45) is 5.73 Å². The van der Waals surface area contributed by atoms with Gasteiger partial charge < -0.3 is 15.7 Å². The van der Waals surface area contributed by atoms with E-state index in [0.717, 1.165) is 24.1 Å². The number of hydrogen-bond acceptors (Lipinski definition) is 3. The van der Waals surface area contributed by atoms with Crippen LogP contribution in [-0.2, 0) is 6.54 Å². The topological polar surface area (TPSA) is 49.5 Å². The first-order chi connectivity index (χ1) is 8.65. The molecule has 0 bridgehead atoms. The highest BCUT2D eigenvalue weighted by atomic mass is 19.1. The van der Waals surface area contributed by atoms with Crippen LogP contribution in [0.1, 0.15) is 32.3 Å². The van der Waals surface area contributed by atoms with Gasteiger partial charge in [0.25, 0.3) is 0 Å². The minimum Gasteiger partial charge on any atom is -0.395 e. The van der Waals surface area contributed by atoms with Gasteiger partial charge in [-0.1, -0.05) is 13.8 Å². The van der Waals surface area contributed by atoms with Gasteiger partial charge in [0.1, 0.15) is 5.82 Å². The van der Waals surface area contributed by atoms with Crippen LogP contribution < -0.4 is 10.6 Å². The minimum atomic E-state index is -0.276. The van der Waals surface area contributed by atoms with Crippen LogP contribution in [0.5, 0.6) is 0 Å². The first kappa shape index (κ1) is 14.9. The number of benzene rings is 1. The van der Waals surface area contributed by atoms with E-state index < -0.39 is 0 Å². The Morgan fingerprint density at radius 3 is 2.44 bits per heavy atom. The van der Waals surface area contributed by atoms with E-state index in [4.69, 9.17) is 5.73 Å². The number of anilines is 1. The van der Waals surface area contributed by atoms with Gasteiger partial charge in [-0.25, -0.2) is 4.39 Å². The molecular weight excluding hydrogens is 231 g/mol. The molecule has 0 saturated carbocycles. The summed E-state index contributed by atoms with van der Waals surface area (Å²) in [5.74, 6) is -0.276. The molecule has 0 aliphatic carbocycles. The normalized spacial score (nSPS) is 11.0. The second-order valence-corrected chi connectivity index (χ2v) is 4.41. The molecule has 0 radical (unpaired) electrons. The first-order valence-corrected chi connectivity index (χ1v) is 6.53. The maximum Gasteiger partial charge on any atom is 0.125 e. The highest BCUT2D eigenvalue weighted by molar-refractivity contribution is 5.50. The number of aliphatic hydroxyl groups is 1. The van der Waals surface area contributed by atoms with Gasteiger partial charge in [-0.3, -0.25) is 0 Å². The van der Waals surface area contributed by atoms with Gasteiger partial charge in [0, 0.05) is 24.8 Å². The van der Waals surface area contributed by atoms with Gasteiger partial charge >= 0.3 is 0 Å². The molecule has 1 rings (SSSR count). The highest BCUT2D eigenvalue weighted by Crippen LogP contribution is 2.23. The Morgan fingerprint density at radius 2 is 1.94 bits per heavy atom. The Morgan fingerprint density at radius 1 is 1.28 bits per heavy atom. The zero-order valence-electron chi connectivity index (χ0n) is 11.2. The summed E-state index contributed by atoms with van der Waals surface area (Å²) >= 11 is 0. The van der Waals surface area contributed by atoms with E-state index in [-0.39, 0.29) is 12.4 Å². The number of rotatable bonds is 7. The maximum atomic E-state index is 13.5. The largest absolute Gasteiger partial charge is 0.395 e. The molecule has 0 aromatic heterocycles. The Balaban J connectivity index is 3.07. The van der Waals surface area contributed by atoms with E-state index in [1.54, 1.807) is 0 Å². The Kier molecular flexibility index (Phi) is 6.09. The number of hydrogen-bond donors (Lipinski definition) is 2. The number of nitrogens with two attached hydrogens (primary N) is 1. The number of aliphatic hydroxyl groups excluding tert-OH is 1. The van der Waals surface area contributed by atoms with Crippen LogP contribution in [-0.4, -0.2) is 24.3 Å². The van der Waals surface area contributed by atoms with Crippen molar-refractivity contribution in [2.45, 2.75) is 39.3 Å². The van der Waals surface area contributed by atoms with E-state index >= 15 is 0 Å². The SMILES string of the molecule is CCC(CC)N(CCO)c1cc(F)cc(CN)c1. The molecule has 0 saturated heterocycles. The molecule has 0 heterocycles. The maximum absolute atomic E-state index is 13.5. The van der Waals surface area contributed by atoms with Crippen LogP contribution in [0.25, 0.3) is 0 Å². The first-order valence-electron chi connectivity index (χ1n) is 6.53. The summed E-state index contributed by atoms with van der Waals surface area (Å²) in [6.45, 7) is 5.09. The predicted octanol–water partition coefficient (Wildman–Crippen LogP) is 2.27. The Bertz CT molecular complexity index is 367. The lowest BCUT2D eigenvalue weighted by atomic mass is 10.1. The summed E-state index contributed by atoms with van der Waals surface area (Å²) in [5.41, 5.74) is 7.15. The van der Waals surface area contributed by atoms with E-state index in [1.165, 1.54) is 12.1 Å². The molecule has 18 heavy (non-hydrogen) atoms. The van der Waals surface area contributed by atoms with Gasteiger partial charge in [0.2, 0.25) is 0 Å². The van der Waals surface area contributed by atoms with Crippen LogP contribution in [0.4, 0.5) is 10.1 Å². The molecule has 4 heteroatoms. The van der Waals surface area contributed by atoms with Crippen molar-refractivity contribution in [1.29, 1.82) is 0 Å². The molecule has 3 N–H and O–H groups in total. The van der Waals surface area contributed by atoms with Gasteiger partial charge in [-0.15, -0.1) is 0 Å². The van der Waals surface area contributed by atoms with Gasteiger partial charge in [-0.2, -0.15) is 0 Å². The van der Waals surface area contributed by atoms with E-state index in [2.05, 4.69) is 18.7 Å². The second kappa shape index (κ2) is 7.34. The van der Waals surface area contributed by atoms with Crippen molar-refractivity contribution in [3.8, 4) is 0 Å². The summed E-state index contributed by atoms with van der Waals surface area (Å²) in [6.07, 6.45) is 1.93. The Labute approximate surface area is 108 Å². The van der Waals surface area contributed by atoms with Gasteiger partial charge in [-0.05, 0) is 36.6 Å². The van der Waals surface area contributed by atoms with Crippen molar-refractivity contribution in [2.75, 3.05) is 18.1 Å². The monoisotopic (exact) mass is 254 g/mol. The zero-order valence-corrected chi connectivity index (χ0v) is 11.2. The standard InChI is InChI=1S/C14H23FN2O/c1-3-13(4-2)17(5-6-18)14-8-11(10-16)7-12(15)9-14/h7-9,13,18H,3-6,10,16H2,1-2H3. The number of halogens is 1. The van der Waals surface area contributed by atoms with E-state index in [0.29, 0.717) is 19.1 Å². The summed E-state index contributed by atoms with van der Waals surface area (Å²) in [6, 6.07) is 5.17. The lowest BCUT2D eigenvalue weighted by Gasteiger charge is -2.32. The van der Waals surface area contributed by atoms with Crippen LogP contribution >= 0.6 is 0 Å². The summed E-state index contributed by atoms with van der Waals surface area (Å²) in [7, 11) is 0. The minimum absolute atomic E-state index is 0.0605. The fourth-order valence-corrected chi connectivity index (χ4v) is 2.28. The van der Waals surface area contributed by atoms with Crippen LogP contribution in [0, 0.1) is 5.82 Å². The Hall–Kier alpha value is -1.13. The molecule has 0 unspecified atom stereocenters. The fraction of sp³-hybridized carbons (Fsp3) is 0.571. The van der Waals surface area contributed by atoms with Gasteiger partial charge in [0.05, 0.1) is 6.61 Å². The molecule has 0 amide bonds. The molecule has 1 aromatic rings. The molecule has 0 atom stereocenters. The second-order valence-electron chi connectivity index (χ2n) is 4.41. The molecular formula is C14H23FN2O. The molecule has 1 aromatic carbocycles. The molecule has 102 valence electrons. The van der Waals surface area contributed by atoms with Crippen molar-refractivity contribution in [1.82, 2.24) is 0 Å². The zero-order chi connectivity index (χ0) is 13.5. The molecule has 0 fully saturated rings. The number of nitrogens with zero attached hydrogens (tertiary/aromatic N) is 1. The predicted molar refractivity (Wildman–Crippen MR) is 73.1 cm³/mol. The van der Waals surface area contributed by atoms with E-state index in [9.17, 15) is 9.50 Å². The van der Waals surface area contributed by atoms with E-state index in [1.807, 2.05) is 6.07 Å². The third-order valence-electron chi connectivity index (χ3n) is 3.23. The van der Waals surface area contributed by atoms with Crippen molar-refractivity contribution >= 4 is 5.69 Å². The average molecular weight is 254 g/mol. The van der Waals surface area contributed by atoms with Crippen molar-refractivity contribution < 1.29 is 9.50 Å². The summed E-state index contributed by atoms with van der Waals surface area (Å²) in [4.78, 5) is 2.06. The summed E-state index contributed by atoms with van der Waals surface area (Å²) < 4.78 is 13.5. The quantitative estimate of drug-likeness (QED) is 0.785. The fourth-order valence-electron chi connectivity index (χ4n) is 2.28. The third-order valence-corrected chi connectivity index (χ3v) is 3.23. The lowest BCUT2D eigenvalue weighted by molar-refractivity contribution is 0.296. The highest BCUT2D eigenvalue weighted by Gasteiger charge is 2.16. The lowest BCUT2D eigenvalue weighted by Crippen LogP contribution is -2.37. The smallest absolute Gasteiger partial charge is 0.125 e. The summed E-state index contributed by atoms with van der Waals surface area (Å²) in [5, 5.41) is 9.17. The molecule has 0 aliphatic heterocycles. The molecule has 3 nitrogen and oxygen atoms in total. The average Bonchev–Trinajstić information content (AvgIpc) is 2.38. The molecule has 0 spiro atoms. The van der Waals surface area contributed by atoms with Crippen molar-refractivity contribution in [3.05, 3.63) is 29.6 Å². The molecule has 0 aliphatic rings. The van der Waals surface area contributed by atoms with Crippen LogP contribution in [0.3, 0.4) is 0 Å². The van der Waals surface area contributed by atoms with Crippen LogP contribution in [0.2, 0.25) is 0 Å². The third kappa shape index (κ3) is 3.68. The van der Waals surface area contributed by atoms with Crippen molar-refractivity contribution in [3.63, 3.8) is 0 Å². The van der Waals surface area contributed by atoms with Gasteiger partial charge in [0.15, 0.2) is 0 Å². The van der Waals surface area contributed by atoms with Crippen LogP contribution in [0.15, 0.2) is 18.2 Å².